The number of hydrogen-bond donors (Lipinski definition) is 2. The van der Waals surface area contributed by atoms with Gasteiger partial charge in [-0.1, -0.05) is 35.9 Å². The highest BCUT2D eigenvalue weighted by atomic mass is 16.5. The molecule has 0 aliphatic rings. The predicted molar refractivity (Wildman–Crippen MR) is 96.3 cm³/mol. The normalized spacial score (nSPS) is 12.1. The van der Waals surface area contributed by atoms with Crippen LogP contribution in [0, 0.1) is 6.92 Å². The number of para-hydroxylation sites is 1. The van der Waals surface area contributed by atoms with Gasteiger partial charge in [-0.05, 0) is 31.5 Å². The molecule has 0 fully saturated rings. The lowest BCUT2D eigenvalue weighted by Crippen LogP contribution is -2.28. The van der Waals surface area contributed by atoms with E-state index in [9.17, 15) is 4.79 Å². The van der Waals surface area contributed by atoms with Gasteiger partial charge in [-0.2, -0.15) is 0 Å². The number of ether oxygens (including phenoxy) is 1. The van der Waals surface area contributed by atoms with Crippen LogP contribution in [0.3, 0.4) is 0 Å². The molecule has 0 saturated carbocycles. The SMILES string of the molecule is COc1ccc(C)cc1C(C)NC(=O)Cc1c[nH]c2ccccc12. The molecule has 4 heteroatoms. The van der Waals surface area contributed by atoms with Gasteiger partial charge in [-0.3, -0.25) is 4.79 Å². The maximum Gasteiger partial charge on any atom is 0.224 e. The number of rotatable bonds is 5. The number of H-pyrrole nitrogens is 1. The van der Waals surface area contributed by atoms with Crippen LogP contribution in [0.2, 0.25) is 0 Å². The van der Waals surface area contributed by atoms with Crippen molar-refractivity contribution in [3.05, 3.63) is 65.4 Å². The highest BCUT2D eigenvalue weighted by Crippen LogP contribution is 2.26. The van der Waals surface area contributed by atoms with Gasteiger partial charge in [0.25, 0.3) is 0 Å². The van der Waals surface area contributed by atoms with Crippen molar-refractivity contribution in [1.82, 2.24) is 10.3 Å². The Kier molecular flexibility index (Phi) is 4.56. The minimum absolute atomic E-state index is 0.00388. The third-order valence-electron chi connectivity index (χ3n) is 4.26. The fourth-order valence-corrected chi connectivity index (χ4v) is 3.01. The van der Waals surface area contributed by atoms with Crippen molar-refractivity contribution < 1.29 is 9.53 Å². The van der Waals surface area contributed by atoms with Crippen molar-refractivity contribution in [2.24, 2.45) is 0 Å². The van der Waals surface area contributed by atoms with E-state index < -0.39 is 0 Å². The number of fused-ring (bicyclic) bond motifs is 1. The summed E-state index contributed by atoms with van der Waals surface area (Å²) in [5, 5.41) is 4.16. The fraction of sp³-hybridized carbons (Fsp3) is 0.250. The summed E-state index contributed by atoms with van der Waals surface area (Å²) in [5.74, 6) is 0.788. The van der Waals surface area contributed by atoms with Gasteiger partial charge in [0.1, 0.15) is 5.75 Å². The van der Waals surface area contributed by atoms with Gasteiger partial charge in [0.15, 0.2) is 0 Å². The molecular weight excluding hydrogens is 300 g/mol. The van der Waals surface area contributed by atoms with E-state index in [0.717, 1.165) is 33.3 Å². The third kappa shape index (κ3) is 3.27. The number of carbonyl (C=O) groups excluding carboxylic acids is 1. The van der Waals surface area contributed by atoms with Crippen LogP contribution >= 0.6 is 0 Å². The second-order valence-electron chi connectivity index (χ2n) is 6.07. The van der Waals surface area contributed by atoms with Crippen LogP contribution in [0.25, 0.3) is 10.9 Å². The van der Waals surface area contributed by atoms with Crippen LogP contribution in [0.5, 0.6) is 5.75 Å². The Morgan fingerprint density at radius 2 is 2.04 bits per heavy atom. The van der Waals surface area contributed by atoms with E-state index in [1.165, 1.54) is 0 Å². The highest BCUT2D eigenvalue weighted by Gasteiger charge is 2.15. The van der Waals surface area contributed by atoms with Crippen molar-refractivity contribution >= 4 is 16.8 Å². The Morgan fingerprint density at radius 1 is 1.25 bits per heavy atom. The van der Waals surface area contributed by atoms with Crippen LogP contribution < -0.4 is 10.1 Å². The molecule has 0 aliphatic carbocycles. The summed E-state index contributed by atoms with van der Waals surface area (Å²) >= 11 is 0. The molecule has 1 heterocycles. The van der Waals surface area contributed by atoms with E-state index in [2.05, 4.69) is 16.4 Å². The maximum absolute atomic E-state index is 12.5. The third-order valence-corrected chi connectivity index (χ3v) is 4.26. The van der Waals surface area contributed by atoms with Gasteiger partial charge in [0.2, 0.25) is 5.91 Å². The number of benzene rings is 2. The lowest BCUT2D eigenvalue weighted by Gasteiger charge is -2.18. The minimum Gasteiger partial charge on any atom is -0.496 e. The number of aromatic amines is 1. The molecule has 2 aromatic carbocycles. The second kappa shape index (κ2) is 6.79. The van der Waals surface area contributed by atoms with E-state index in [1.54, 1.807) is 7.11 Å². The van der Waals surface area contributed by atoms with Gasteiger partial charge in [0, 0.05) is 22.7 Å². The quantitative estimate of drug-likeness (QED) is 0.748. The number of aromatic nitrogens is 1. The summed E-state index contributed by atoms with van der Waals surface area (Å²) in [4.78, 5) is 15.7. The van der Waals surface area contributed by atoms with Gasteiger partial charge < -0.3 is 15.0 Å². The first-order chi connectivity index (χ1) is 11.6. The maximum atomic E-state index is 12.5. The van der Waals surface area contributed by atoms with Crippen LogP contribution in [-0.2, 0) is 11.2 Å². The number of methoxy groups -OCH3 is 1. The van der Waals surface area contributed by atoms with Crippen LogP contribution in [0.1, 0.15) is 29.7 Å². The number of nitrogens with one attached hydrogen (secondary N) is 2. The Balaban J connectivity index is 1.74. The molecular formula is C20H22N2O2. The van der Waals surface area contributed by atoms with Gasteiger partial charge >= 0.3 is 0 Å². The van der Waals surface area contributed by atoms with E-state index >= 15 is 0 Å². The van der Waals surface area contributed by atoms with Crippen LogP contribution in [0.4, 0.5) is 0 Å². The average Bonchev–Trinajstić information content (AvgIpc) is 2.98. The standard InChI is InChI=1S/C20H22N2O2/c1-13-8-9-19(24-3)17(10-13)14(2)22-20(23)11-15-12-21-18-7-5-4-6-16(15)18/h4-10,12,14,21H,11H2,1-3H3,(H,22,23). The Bertz CT molecular complexity index is 867. The Hall–Kier alpha value is -2.75. The number of aryl methyl sites for hydroxylation is 1. The van der Waals surface area contributed by atoms with E-state index in [-0.39, 0.29) is 11.9 Å². The average molecular weight is 322 g/mol. The molecule has 2 N–H and O–H groups in total. The fourth-order valence-electron chi connectivity index (χ4n) is 3.01. The number of amides is 1. The first-order valence-electron chi connectivity index (χ1n) is 8.07. The summed E-state index contributed by atoms with van der Waals surface area (Å²) in [6.45, 7) is 4.01. The predicted octanol–water partition coefficient (Wildman–Crippen LogP) is 3.90. The monoisotopic (exact) mass is 322 g/mol. The number of hydrogen-bond acceptors (Lipinski definition) is 2. The highest BCUT2D eigenvalue weighted by molar-refractivity contribution is 5.89. The Labute approximate surface area is 141 Å². The molecule has 1 atom stereocenters. The molecule has 24 heavy (non-hydrogen) atoms. The van der Waals surface area contributed by atoms with Crippen LogP contribution in [0.15, 0.2) is 48.7 Å². The molecule has 1 amide bonds. The van der Waals surface area contributed by atoms with Gasteiger partial charge in [-0.25, -0.2) is 0 Å². The molecule has 0 bridgehead atoms. The molecule has 3 aromatic rings. The molecule has 4 nitrogen and oxygen atoms in total. The van der Waals surface area contributed by atoms with Gasteiger partial charge in [0.05, 0.1) is 19.6 Å². The summed E-state index contributed by atoms with van der Waals surface area (Å²) in [7, 11) is 1.65. The first kappa shape index (κ1) is 16.1. The Morgan fingerprint density at radius 3 is 2.83 bits per heavy atom. The lowest BCUT2D eigenvalue weighted by molar-refractivity contribution is -0.121. The van der Waals surface area contributed by atoms with Crippen molar-refractivity contribution in [2.75, 3.05) is 7.11 Å². The molecule has 124 valence electrons. The smallest absolute Gasteiger partial charge is 0.224 e. The van der Waals surface area contributed by atoms with Gasteiger partial charge in [-0.15, -0.1) is 0 Å². The molecule has 1 unspecified atom stereocenters. The number of carbonyl (C=O) groups is 1. The largest absolute Gasteiger partial charge is 0.496 e. The van der Waals surface area contributed by atoms with Crippen molar-refractivity contribution in [3.8, 4) is 5.75 Å². The second-order valence-corrected chi connectivity index (χ2v) is 6.07. The minimum atomic E-state index is -0.113. The molecule has 0 radical (unpaired) electrons. The summed E-state index contributed by atoms with van der Waals surface area (Å²) in [5.41, 5.74) is 4.19. The lowest BCUT2D eigenvalue weighted by atomic mass is 10.0. The molecule has 3 rings (SSSR count). The summed E-state index contributed by atoms with van der Waals surface area (Å²) in [6.07, 6.45) is 2.25. The molecule has 0 saturated heterocycles. The molecule has 0 aliphatic heterocycles. The van der Waals surface area contributed by atoms with Crippen LogP contribution in [-0.4, -0.2) is 18.0 Å². The topological polar surface area (TPSA) is 54.1 Å². The zero-order valence-corrected chi connectivity index (χ0v) is 14.2. The zero-order chi connectivity index (χ0) is 17.1. The van der Waals surface area contributed by atoms with E-state index in [4.69, 9.17) is 4.74 Å². The summed E-state index contributed by atoms with van der Waals surface area (Å²) in [6, 6.07) is 13.9. The van der Waals surface area contributed by atoms with Crippen molar-refractivity contribution in [2.45, 2.75) is 26.3 Å². The molecule has 0 spiro atoms. The van der Waals surface area contributed by atoms with E-state index in [1.807, 2.05) is 56.4 Å². The molecule has 1 aromatic heterocycles. The van der Waals surface area contributed by atoms with E-state index in [0.29, 0.717) is 6.42 Å². The zero-order valence-electron chi connectivity index (χ0n) is 14.2. The van der Waals surface area contributed by atoms with Crippen molar-refractivity contribution in [1.29, 1.82) is 0 Å². The summed E-state index contributed by atoms with van der Waals surface area (Å²) < 4.78 is 5.41. The van der Waals surface area contributed by atoms with Crippen molar-refractivity contribution in [3.63, 3.8) is 0 Å². The first-order valence-corrected chi connectivity index (χ1v) is 8.07.